The number of hydrogen-bond donors (Lipinski definition) is 1. The second-order valence-corrected chi connectivity index (χ2v) is 8.32. The van der Waals surface area contributed by atoms with Crippen molar-refractivity contribution in [3.63, 3.8) is 0 Å². The lowest BCUT2D eigenvalue weighted by Crippen LogP contribution is -2.43. The number of carbonyl (C=O) groups excluding carboxylic acids is 1. The van der Waals surface area contributed by atoms with Crippen LogP contribution in [0, 0.1) is 0 Å². The van der Waals surface area contributed by atoms with Crippen molar-refractivity contribution in [3.8, 4) is 5.95 Å². The van der Waals surface area contributed by atoms with Crippen molar-refractivity contribution in [1.29, 1.82) is 0 Å². The lowest BCUT2D eigenvalue weighted by atomic mass is 10.1. The van der Waals surface area contributed by atoms with E-state index in [1.807, 2.05) is 31.6 Å². The predicted octanol–water partition coefficient (Wildman–Crippen LogP) is 2.61. The summed E-state index contributed by atoms with van der Waals surface area (Å²) in [5.41, 5.74) is 2.31. The van der Waals surface area contributed by atoms with Crippen LogP contribution >= 0.6 is 11.6 Å². The number of ether oxygens (including phenoxy) is 1. The van der Waals surface area contributed by atoms with E-state index < -0.39 is 0 Å². The molecule has 1 aliphatic heterocycles. The van der Waals surface area contributed by atoms with Crippen molar-refractivity contribution < 1.29 is 9.53 Å². The van der Waals surface area contributed by atoms with Crippen LogP contribution in [0.4, 0.5) is 0 Å². The van der Waals surface area contributed by atoms with Gasteiger partial charge in [0.15, 0.2) is 0 Å². The molecule has 0 saturated carbocycles. The van der Waals surface area contributed by atoms with Gasteiger partial charge in [-0.25, -0.2) is 9.97 Å². The average Bonchev–Trinajstić information content (AvgIpc) is 3.45. The molecule has 33 heavy (non-hydrogen) atoms. The molecule has 0 radical (unpaired) electrons. The summed E-state index contributed by atoms with van der Waals surface area (Å²) in [7, 11) is 1.89. The van der Waals surface area contributed by atoms with Gasteiger partial charge < -0.3 is 10.1 Å². The summed E-state index contributed by atoms with van der Waals surface area (Å²) in [6.07, 6.45) is 8.91. The molecule has 1 atom stereocenters. The fourth-order valence-corrected chi connectivity index (χ4v) is 4.51. The number of morpholine rings is 1. The summed E-state index contributed by atoms with van der Waals surface area (Å²) in [5, 5.41) is 8.61. The van der Waals surface area contributed by atoms with Crippen LogP contribution in [0.15, 0.2) is 55.2 Å². The molecule has 4 aromatic rings. The molecule has 9 nitrogen and oxygen atoms in total. The second-order valence-electron chi connectivity index (χ2n) is 7.92. The minimum atomic E-state index is -0.204. The lowest BCUT2D eigenvalue weighted by Gasteiger charge is -2.34. The topological polar surface area (TPSA) is 90.1 Å². The van der Waals surface area contributed by atoms with E-state index in [0.717, 1.165) is 24.2 Å². The molecular formula is C23H24ClN7O2. The first-order chi connectivity index (χ1) is 16.1. The van der Waals surface area contributed by atoms with Gasteiger partial charge in [-0.05, 0) is 18.2 Å². The molecule has 4 heterocycles. The minimum Gasteiger partial charge on any atom is -0.379 e. The highest BCUT2D eigenvalue weighted by atomic mass is 35.5. The third kappa shape index (κ3) is 4.35. The number of halogens is 1. The van der Waals surface area contributed by atoms with Crippen LogP contribution in [-0.2, 0) is 11.8 Å². The van der Waals surface area contributed by atoms with Gasteiger partial charge in [0.1, 0.15) is 0 Å². The smallest absolute Gasteiger partial charge is 0.253 e. The maximum atomic E-state index is 13.4. The Kier molecular flexibility index (Phi) is 6.08. The number of hydrogen-bond acceptors (Lipinski definition) is 6. The molecule has 1 aromatic carbocycles. The van der Waals surface area contributed by atoms with Gasteiger partial charge >= 0.3 is 0 Å². The number of aryl methyl sites for hydroxylation is 1. The van der Waals surface area contributed by atoms with Gasteiger partial charge in [-0.3, -0.25) is 18.9 Å². The molecule has 1 fully saturated rings. The molecule has 10 heteroatoms. The fraction of sp³-hybridized carbons (Fsp3) is 0.304. The highest BCUT2D eigenvalue weighted by Gasteiger charge is 2.26. The quantitative estimate of drug-likeness (QED) is 0.471. The number of carbonyl (C=O) groups is 1. The second kappa shape index (κ2) is 9.30. The van der Waals surface area contributed by atoms with Crippen molar-refractivity contribution in [1.82, 2.24) is 34.5 Å². The first kappa shape index (κ1) is 21.6. The number of rotatable bonds is 6. The van der Waals surface area contributed by atoms with Crippen LogP contribution in [0.2, 0.25) is 5.02 Å². The van der Waals surface area contributed by atoms with Crippen LogP contribution in [-0.4, -0.2) is 68.0 Å². The van der Waals surface area contributed by atoms with Crippen molar-refractivity contribution in [2.75, 3.05) is 32.8 Å². The summed E-state index contributed by atoms with van der Waals surface area (Å²) >= 11 is 6.52. The normalized spacial score (nSPS) is 15.6. The van der Waals surface area contributed by atoms with E-state index in [1.165, 1.54) is 0 Å². The molecule has 0 bridgehead atoms. The van der Waals surface area contributed by atoms with E-state index in [0.29, 0.717) is 41.7 Å². The van der Waals surface area contributed by atoms with Crippen molar-refractivity contribution >= 4 is 28.4 Å². The average molecular weight is 466 g/mol. The van der Waals surface area contributed by atoms with Gasteiger partial charge in [-0.15, -0.1) is 0 Å². The zero-order valence-corrected chi connectivity index (χ0v) is 18.9. The van der Waals surface area contributed by atoms with E-state index in [1.54, 1.807) is 40.0 Å². The number of fused-ring (bicyclic) bond motifs is 1. The predicted molar refractivity (Wildman–Crippen MR) is 125 cm³/mol. The van der Waals surface area contributed by atoms with Gasteiger partial charge in [-0.1, -0.05) is 17.7 Å². The Hall–Kier alpha value is -3.27. The Balaban J connectivity index is 1.45. The van der Waals surface area contributed by atoms with E-state index in [-0.39, 0.29) is 11.9 Å². The highest BCUT2D eigenvalue weighted by Crippen LogP contribution is 2.30. The molecule has 0 aliphatic carbocycles. The van der Waals surface area contributed by atoms with E-state index in [4.69, 9.17) is 16.3 Å². The number of nitrogens with one attached hydrogen (secondary N) is 1. The number of aromatic nitrogens is 5. The van der Waals surface area contributed by atoms with E-state index in [9.17, 15) is 4.79 Å². The largest absolute Gasteiger partial charge is 0.379 e. The van der Waals surface area contributed by atoms with Gasteiger partial charge in [0.2, 0.25) is 5.95 Å². The zero-order valence-electron chi connectivity index (χ0n) is 18.2. The number of nitrogens with zero attached hydrogens (tertiary/aromatic N) is 6. The van der Waals surface area contributed by atoms with E-state index >= 15 is 0 Å². The summed E-state index contributed by atoms with van der Waals surface area (Å²) in [4.78, 5) is 24.4. The molecular weight excluding hydrogens is 442 g/mol. The van der Waals surface area contributed by atoms with E-state index in [2.05, 4.69) is 25.3 Å². The first-order valence-corrected chi connectivity index (χ1v) is 11.1. The van der Waals surface area contributed by atoms with Crippen molar-refractivity contribution in [3.05, 3.63) is 71.4 Å². The molecule has 1 saturated heterocycles. The third-order valence-electron chi connectivity index (χ3n) is 5.84. The summed E-state index contributed by atoms with van der Waals surface area (Å²) in [6, 6.07) is 7.28. The summed E-state index contributed by atoms with van der Waals surface area (Å²) in [5.74, 6) is 0.273. The highest BCUT2D eigenvalue weighted by molar-refractivity contribution is 6.37. The molecule has 3 aromatic heterocycles. The molecule has 1 amide bonds. The Morgan fingerprint density at radius 2 is 1.97 bits per heavy atom. The summed E-state index contributed by atoms with van der Waals surface area (Å²) in [6.45, 7) is 3.37. The number of benzene rings is 1. The molecule has 170 valence electrons. The van der Waals surface area contributed by atoms with Crippen LogP contribution in [0.25, 0.3) is 16.9 Å². The lowest BCUT2D eigenvalue weighted by molar-refractivity contribution is 0.0162. The van der Waals surface area contributed by atoms with Gasteiger partial charge in [0, 0.05) is 62.4 Å². The van der Waals surface area contributed by atoms with Gasteiger partial charge in [0.05, 0.1) is 41.6 Å². The van der Waals surface area contributed by atoms with Crippen LogP contribution in [0.3, 0.4) is 0 Å². The summed E-state index contributed by atoms with van der Waals surface area (Å²) < 4.78 is 9.08. The molecule has 1 aliphatic rings. The van der Waals surface area contributed by atoms with Crippen molar-refractivity contribution in [2.24, 2.45) is 7.05 Å². The van der Waals surface area contributed by atoms with Gasteiger partial charge in [0.25, 0.3) is 5.91 Å². The molecule has 1 unspecified atom stereocenters. The molecule has 0 spiro atoms. The third-order valence-corrected chi connectivity index (χ3v) is 6.16. The number of amides is 1. The Labute approximate surface area is 195 Å². The van der Waals surface area contributed by atoms with Crippen molar-refractivity contribution in [2.45, 2.75) is 6.04 Å². The standard InChI is InChI=1S/C23H24ClN7O2/c1-29-14-16(12-28-29)20(30-8-10-33-11-9-30)13-27-22(32)17-15-31(23-25-6-3-7-26-23)19-5-2-4-18(24)21(17)19/h2-7,12,14-15,20H,8-11,13H2,1H3,(H,27,32). The minimum absolute atomic E-state index is 0.00664. The van der Waals surface area contributed by atoms with Crippen LogP contribution in [0.5, 0.6) is 0 Å². The van der Waals surface area contributed by atoms with Gasteiger partial charge in [-0.2, -0.15) is 5.10 Å². The van der Waals surface area contributed by atoms with Crippen LogP contribution < -0.4 is 5.32 Å². The zero-order chi connectivity index (χ0) is 22.8. The Morgan fingerprint density at radius 1 is 1.18 bits per heavy atom. The molecule has 1 N–H and O–H groups in total. The maximum Gasteiger partial charge on any atom is 0.253 e. The molecule has 5 rings (SSSR count). The fourth-order valence-electron chi connectivity index (χ4n) is 4.24. The Bertz CT molecular complexity index is 1260. The first-order valence-electron chi connectivity index (χ1n) is 10.8. The Morgan fingerprint density at radius 3 is 2.70 bits per heavy atom. The maximum absolute atomic E-state index is 13.4. The SMILES string of the molecule is Cn1cc(C(CNC(=O)c2cn(-c3ncccn3)c3cccc(Cl)c23)N2CCOCC2)cn1. The van der Waals surface area contributed by atoms with Crippen LogP contribution in [0.1, 0.15) is 22.0 Å². The monoisotopic (exact) mass is 465 g/mol.